The number of para-hydroxylation sites is 1. The number of aromatic nitrogens is 3. The number of nitrogens with zero attached hydrogens (tertiary/aromatic N) is 2. The zero-order valence-electron chi connectivity index (χ0n) is 16.9. The van der Waals surface area contributed by atoms with E-state index in [-0.39, 0.29) is 24.4 Å². The fraction of sp³-hybridized carbons (Fsp3) is 0.261. The Morgan fingerprint density at radius 1 is 1.17 bits per heavy atom. The predicted octanol–water partition coefficient (Wildman–Crippen LogP) is 3.37. The molecule has 0 aliphatic carbocycles. The molecule has 7 heteroatoms. The zero-order valence-corrected chi connectivity index (χ0v) is 16.9. The first-order valence-electron chi connectivity index (χ1n) is 10.1. The minimum atomic E-state index is -0.174. The Bertz CT molecular complexity index is 1220. The van der Waals surface area contributed by atoms with E-state index in [2.05, 4.69) is 22.2 Å². The van der Waals surface area contributed by atoms with Crippen molar-refractivity contribution in [2.75, 3.05) is 6.61 Å². The van der Waals surface area contributed by atoms with Gasteiger partial charge in [0, 0.05) is 30.4 Å². The molecule has 4 aromatic rings. The summed E-state index contributed by atoms with van der Waals surface area (Å²) in [7, 11) is 0. The zero-order chi connectivity index (χ0) is 20.9. The second-order valence-electron chi connectivity index (χ2n) is 7.16. The second-order valence-corrected chi connectivity index (χ2v) is 7.16. The van der Waals surface area contributed by atoms with Gasteiger partial charge in [0.1, 0.15) is 16.8 Å². The molecule has 0 unspecified atom stereocenters. The number of aryl methyl sites for hydroxylation is 1. The SMILES string of the molecule is CCCOc1ccc(CNC(=O)CCn2cnc3c([nH]c4ccccc43)c2=O)cc1. The van der Waals surface area contributed by atoms with Gasteiger partial charge in [-0.3, -0.25) is 14.2 Å². The molecule has 0 saturated heterocycles. The van der Waals surface area contributed by atoms with Crippen LogP contribution in [0.15, 0.2) is 59.7 Å². The Hall–Kier alpha value is -3.61. The average Bonchev–Trinajstić information content (AvgIpc) is 3.16. The van der Waals surface area contributed by atoms with Gasteiger partial charge in [-0.1, -0.05) is 37.3 Å². The van der Waals surface area contributed by atoms with Crippen LogP contribution < -0.4 is 15.6 Å². The van der Waals surface area contributed by atoms with Crippen molar-refractivity contribution in [2.24, 2.45) is 0 Å². The molecule has 4 rings (SSSR count). The van der Waals surface area contributed by atoms with Crippen LogP contribution in [-0.2, 0) is 17.9 Å². The molecule has 7 nitrogen and oxygen atoms in total. The molecule has 0 aliphatic heterocycles. The van der Waals surface area contributed by atoms with Crippen molar-refractivity contribution >= 4 is 27.8 Å². The van der Waals surface area contributed by atoms with E-state index in [0.29, 0.717) is 24.2 Å². The molecule has 30 heavy (non-hydrogen) atoms. The fourth-order valence-electron chi connectivity index (χ4n) is 3.33. The van der Waals surface area contributed by atoms with E-state index in [1.165, 1.54) is 10.9 Å². The summed E-state index contributed by atoms with van der Waals surface area (Å²) >= 11 is 0. The van der Waals surface area contributed by atoms with Gasteiger partial charge in [-0.25, -0.2) is 4.98 Å². The number of aromatic amines is 1. The second kappa shape index (κ2) is 8.82. The van der Waals surface area contributed by atoms with Gasteiger partial charge in [0.05, 0.1) is 12.9 Å². The molecule has 2 heterocycles. The van der Waals surface area contributed by atoms with Gasteiger partial charge < -0.3 is 15.0 Å². The molecule has 0 atom stereocenters. The van der Waals surface area contributed by atoms with E-state index in [1.54, 1.807) is 0 Å². The van der Waals surface area contributed by atoms with Crippen LogP contribution in [0.1, 0.15) is 25.3 Å². The molecule has 2 N–H and O–H groups in total. The number of benzene rings is 2. The normalized spacial score (nSPS) is 11.1. The van der Waals surface area contributed by atoms with Crippen LogP contribution >= 0.6 is 0 Å². The lowest BCUT2D eigenvalue weighted by Crippen LogP contribution is -2.27. The summed E-state index contributed by atoms with van der Waals surface area (Å²) in [5.41, 5.74) is 2.81. The molecule has 2 aromatic heterocycles. The van der Waals surface area contributed by atoms with Crippen LogP contribution in [0.5, 0.6) is 5.75 Å². The standard InChI is InChI=1S/C23H24N4O3/c1-2-13-30-17-9-7-16(8-10-17)14-24-20(28)11-12-27-15-25-21-18-5-3-4-6-19(18)26-22(21)23(27)29/h3-10,15,26H,2,11-14H2,1H3,(H,24,28). The van der Waals surface area contributed by atoms with E-state index in [0.717, 1.165) is 28.6 Å². The first-order valence-corrected chi connectivity index (χ1v) is 10.1. The summed E-state index contributed by atoms with van der Waals surface area (Å²) in [6, 6.07) is 15.3. The number of fused-ring (bicyclic) bond motifs is 3. The van der Waals surface area contributed by atoms with Gasteiger partial charge in [-0.15, -0.1) is 0 Å². The minimum absolute atomic E-state index is 0.120. The summed E-state index contributed by atoms with van der Waals surface area (Å²) in [6.45, 7) is 3.45. The topological polar surface area (TPSA) is 89.0 Å². The minimum Gasteiger partial charge on any atom is -0.494 e. The molecule has 0 radical (unpaired) electrons. The third kappa shape index (κ3) is 4.20. The van der Waals surface area contributed by atoms with Crippen LogP contribution in [0.25, 0.3) is 21.9 Å². The van der Waals surface area contributed by atoms with Gasteiger partial charge >= 0.3 is 0 Å². The van der Waals surface area contributed by atoms with Crippen molar-refractivity contribution in [3.63, 3.8) is 0 Å². The van der Waals surface area contributed by atoms with E-state index in [1.807, 2.05) is 48.5 Å². The summed E-state index contributed by atoms with van der Waals surface area (Å²) < 4.78 is 7.03. The first-order chi connectivity index (χ1) is 14.7. The maximum Gasteiger partial charge on any atom is 0.277 e. The molecule has 154 valence electrons. The Morgan fingerprint density at radius 2 is 1.97 bits per heavy atom. The number of H-pyrrole nitrogens is 1. The summed E-state index contributed by atoms with van der Waals surface area (Å²) in [6.07, 6.45) is 2.67. The van der Waals surface area contributed by atoms with Crippen LogP contribution in [0.2, 0.25) is 0 Å². The number of carbonyl (C=O) groups is 1. The van der Waals surface area contributed by atoms with Crippen LogP contribution in [0.4, 0.5) is 0 Å². The van der Waals surface area contributed by atoms with Crippen molar-refractivity contribution < 1.29 is 9.53 Å². The third-order valence-electron chi connectivity index (χ3n) is 4.95. The number of nitrogens with one attached hydrogen (secondary N) is 2. The molecule has 1 amide bonds. The highest BCUT2D eigenvalue weighted by atomic mass is 16.5. The lowest BCUT2D eigenvalue weighted by molar-refractivity contribution is -0.121. The quantitative estimate of drug-likeness (QED) is 0.471. The van der Waals surface area contributed by atoms with Gasteiger partial charge in [-0.05, 0) is 30.2 Å². The molecular weight excluding hydrogens is 380 g/mol. The highest BCUT2D eigenvalue weighted by Crippen LogP contribution is 2.20. The van der Waals surface area contributed by atoms with Crippen LogP contribution in [0, 0.1) is 0 Å². The highest BCUT2D eigenvalue weighted by molar-refractivity contribution is 6.04. The van der Waals surface area contributed by atoms with E-state index >= 15 is 0 Å². The van der Waals surface area contributed by atoms with Gasteiger partial charge in [0.2, 0.25) is 5.91 Å². The molecule has 0 aliphatic rings. The Morgan fingerprint density at radius 3 is 2.77 bits per heavy atom. The van der Waals surface area contributed by atoms with Gasteiger partial charge in [0.15, 0.2) is 0 Å². The average molecular weight is 404 g/mol. The summed E-state index contributed by atoms with van der Waals surface area (Å²) in [5, 5.41) is 3.80. The van der Waals surface area contributed by atoms with Gasteiger partial charge in [-0.2, -0.15) is 0 Å². The number of amides is 1. The fourth-order valence-corrected chi connectivity index (χ4v) is 3.33. The van der Waals surface area contributed by atoms with E-state index in [4.69, 9.17) is 4.74 Å². The molecule has 0 bridgehead atoms. The van der Waals surface area contributed by atoms with Gasteiger partial charge in [0.25, 0.3) is 5.56 Å². The Labute approximate surface area is 173 Å². The number of carbonyl (C=O) groups excluding carboxylic acids is 1. The molecule has 2 aromatic carbocycles. The number of hydrogen-bond donors (Lipinski definition) is 2. The lowest BCUT2D eigenvalue weighted by Gasteiger charge is -2.08. The van der Waals surface area contributed by atoms with E-state index in [9.17, 15) is 9.59 Å². The predicted molar refractivity (Wildman–Crippen MR) is 117 cm³/mol. The Kier molecular flexibility index (Phi) is 5.79. The van der Waals surface area contributed by atoms with Crippen molar-refractivity contribution in [1.29, 1.82) is 0 Å². The van der Waals surface area contributed by atoms with Crippen molar-refractivity contribution in [3.8, 4) is 5.75 Å². The van der Waals surface area contributed by atoms with Crippen molar-refractivity contribution in [2.45, 2.75) is 32.9 Å². The lowest BCUT2D eigenvalue weighted by atomic mass is 10.2. The largest absolute Gasteiger partial charge is 0.494 e. The Balaban J connectivity index is 1.35. The van der Waals surface area contributed by atoms with Crippen molar-refractivity contribution in [3.05, 3.63) is 70.8 Å². The summed E-state index contributed by atoms with van der Waals surface area (Å²) in [5.74, 6) is 0.705. The molecule has 0 fully saturated rings. The number of rotatable bonds is 8. The molecule has 0 saturated carbocycles. The van der Waals surface area contributed by atoms with Crippen LogP contribution in [0.3, 0.4) is 0 Å². The third-order valence-corrected chi connectivity index (χ3v) is 4.95. The monoisotopic (exact) mass is 404 g/mol. The van der Waals surface area contributed by atoms with E-state index < -0.39 is 0 Å². The maximum absolute atomic E-state index is 12.7. The molecular formula is C23H24N4O3. The number of ether oxygens (including phenoxy) is 1. The maximum atomic E-state index is 12.7. The molecule has 0 spiro atoms. The summed E-state index contributed by atoms with van der Waals surface area (Å²) in [4.78, 5) is 32.5. The number of hydrogen-bond acceptors (Lipinski definition) is 4. The van der Waals surface area contributed by atoms with Crippen molar-refractivity contribution in [1.82, 2.24) is 19.9 Å². The van der Waals surface area contributed by atoms with Crippen LogP contribution in [-0.4, -0.2) is 27.0 Å². The smallest absolute Gasteiger partial charge is 0.277 e. The first kappa shape index (κ1) is 19.7. The highest BCUT2D eigenvalue weighted by Gasteiger charge is 2.11.